The zero-order valence-electron chi connectivity index (χ0n) is 16.4. The fourth-order valence-corrected chi connectivity index (χ4v) is 3.15. The molecule has 1 fully saturated rings. The van der Waals surface area contributed by atoms with Crippen LogP contribution in [0, 0.1) is 0 Å². The van der Waals surface area contributed by atoms with E-state index in [-0.39, 0.29) is 17.0 Å². The predicted molar refractivity (Wildman–Crippen MR) is 99.5 cm³/mol. The maximum Gasteiger partial charge on any atom is 0.328 e. The Morgan fingerprint density at radius 1 is 1.35 bits per heavy atom. The number of imidazole rings is 1. The van der Waals surface area contributed by atoms with Crippen LogP contribution in [0.1, 0.15) is 6.92 Å². The molecular formula is C16H22N6O9. The molecule has 7 N–H and O–H groups in total. The summed E-state index contributed by atoms with van der Waals surface area (Å²) in [6.45, 7) is 0.523. The van der Waals surface area contributed by atoms with Crippen molar-refractivity contribution in [3.05, 3.63) is 12.7 Å². The average Bonchev–Trinajstić information content (AvgIpc) is 3.26. The Kier molecular flexibility index (Phi) is 6.08. The smallest absolute Gasteiger partial charge is 0.328 e. The molecule has 6 atom stereocenters. The van der Waals surface area contributed by atoms with Crippen LogP contribution in [0.15, 0.2) is 12.7 Å². The van der Waals surface area contributed by atoms with Crippen LogP contribution >= 0.6 is 0 Å². The van der Waals surface area contributed by atoms with E-state index in [9.17, 15) is 35.1 Å². The lowest BCUT2D eigenvalue weighted by Gasteiger charge is -2.27. The number of hydrogen-bond acceptors (Lipinski definition) is 11. The number of carboxylic acids is 1. The van der Waals surface area contributed by atoms with E-state index >= 15 is 0 Å². The molecule has 1 aliphatic heterocycles. The second kappa shape index (κ2) is 8.29. The average molecular weight is 442 g/mol. The number of aliphatic hydroxyl groups excluding tert-OH is 4. The van der Waals surface area contributed by atoms with Gasteiger partial charge in [-0.25, -0.2) is 24.5 Å². The third-order valence-corrected chi connectivity index (χ3v) is 4.90. The minimum Gasteiger partial charge on any atom is -0.480 e. The fourth-order valence-electron chi connectivity index (χ4n) is 3.15. The lowest BCUT2D eigenvalue weighted by atomic mass is 10.1. The number of aliphatic carboxylic acids is 1. The third kappa shape index (κ3) is 3.78. The van der Waals surface area contributed by atoms with Crippen molar-refractivity contribution < 1.29 is 45.0 Å². The Bertz CT molecular complexity index is 984. The zero-order valence-corrected chi connectivity index (χ0v) is 16.4. The summed E-state index contributed by atoms with van der Waals surface area (Å²) in [6.07, 6.45) is -4.06. The topological polar surface area (TPSA) is 224 Å². The van der Waals surface area contributed by atoms with Gasteiger partial charge in [0.1, 0.15) is 24.9 Å². The number of fused-ring (bicyclic) bond motifs is 1. The molecule has 15 nitrogen and oxygen atoms in total. The van der Waals surface area contributed by atoms with Gasteiger partial charge in [-0.1, -0.05) is 0 Å². The Labute approximate surface area is 174 Å². The minimum absolute atomic E-state index is 0.0322. The van der Waals surface area contributed by atoms with Crippen molar-refractivity contribution in [3.63, 3.8) is 0 Å². The van der Waals surface area contributed by atoms with Crippen molar-refractivity contribution in [2.24, 2.45) is 0 Å². The van der Waals surface area contributed by atoms with Gasteiger partial charge in [-0.3, -0.25) is 9.47 Å². The maximum absolute atomic E-state index is 12.5. The number of hydrogen-bond donors (Lipinski definition) is 7. The summed E-state index contributed by atoms with van der Waals surface area (Å²) >= 11 is 0. The van der Waals surface area contributed by atoms with E-state index < -0.39 is 55.0 Å². The zero-order chi connectivity index (χ0) is 23.1. The van der Waals surface area contributed by atoms with Gasteiger partial charge in [0.25, 0.3) is 5.91 Å². The van der Waals surface area contributed by atoms with Crippen LogP contribution in [-0.4, -0.2) is 106 Å². The first-order valence-electron chi connectivity index (χ1n) is 9.03. The second-order valence-electron chi connectivity index (χ2n) is 6.98. The first kappa shape index (κ1) is 22.7. The van der Waals surface area contributed by atoms with Crippen LogP contribution in [0.3, 0.4) is 0 Å². The van der Waals surface area contributed by atoms with Crippen molar-refractivity contribution >= 4 is 29.0 Å². The van der Waals surface area contributed by atoms with Crippen LogP contribution in [0.2, 0.25) is 0 Å². The molecule has 0 spiro atoms. The molecule has 1 unspecified atom stereocenters. The van der Waals surface area contributed by atoms with Gasteiger partial charge >= 0.3 is 12.0 Å². The van der Waals surface area contributed by atoms with Crippen LogP contribution in [-0.2, 0) is 15.4 Å². The van der Waals surface area contributed by atoms with Crippen LogP contribution in [0.5, 0.6) is 0 Å². The molecule has 15 heteroatoms. The molecule has 0 saturated carbocycles. The summed E-state index contributed by atoms with van der Waals surface area (Å²) in [5.74, 6) is -4.05. The Balaban J connectivity index is 1.96. The highest BCUT2D eigenvalue weighted by molar-refractivity contribution is 5.99. The molecule has 0 aliphatic carbocycles. The number of aromatic nitrogens is 4. The number of carbonyl (C=O) groups excluding carboxylic acids is 1. The summed E-state index contributed by atoms with van der Waals surface area (Å²) in [7, 11) is 1.26. The molecule has 3 rings (SSSR count). The number of aliphatic hydroxyl groups is 5. The summed E-state index contributed by atoms with van der Waals surface area (Å²) in [4.78, 5) is 36.5. The van der Waals surface area contributed by atoms with Crippen LogP contribution in [0.25, 0.3) is 11.2 Å². The molecule has 2 aromatic rings. The molecule has 0 bridgehead atoms. The van der Waals surface area contributed by atoms with Gasteiger partial charge in [-0.15, -0.1) is 0 Å². The lowest BCUT2D eigenvalue weighted by Crippen LogP contribution is -2.51. The molecule has 0 radical (unpaired) electrons. The van der Waals surface area contributed by atoms with Gasteiger partial charge in [-0.2, -0.15) is 0 Å². The van der Waals surface area contributed by atoms with Gasteiger partial charge < -0.3 is 40.7 Å². The predicted octanol–water partition coefficient (Wildman–Crippen LogP) is -3.48. The second-order valence-corrected chi connectivity index (χ2v) is 6.98. The molecule has 3 heterocycles. The first-order chi connectivity index (χ1) is 14.5. The van der Waals surface area contributed by atoms with E-state index in [4.69, 9.17) is 9.84 Å². The number of carboxylic acid groups (broad SMARTS) is 1. The van der Waals surface area contributed by atoms with Crippen molar-refractivity contribution in [1.82, 2.24) is 24.8 Å². The van der Waals surface area contributed by atoms with Gasteiger partial charge in [-0.05, 0) is 6.92 Å². The van der Waals surface area contributed by atoms with Gasteiger partial charge in [0.2, 0.25) is 0 Å². The number of amides is 2. The highest BCUT2D eigenvalue weighted by Gasteiger charge is 2.55. The Hall–Kier alpha value is -2.95. The van der Waals surface area contributed by atoms with Gasteiger partial charge in [0.15, 0.2) is 29.1 Å². The molecule has 1 aliphatic rings. The van der Waals surface area contributed by atoms with Crippen molar-refractivity contribution in [2.75, 3.05) is 18.6 Å². The van der Waals surface area contributed by atoms with E-state index in [0.717, 1.165) is 22.1 Å². The van der Waals surface area contributed by atoms with Crippen LogP contribution < -0.4 is 10.2 Å². The number of rotatable bonds is 6. The highest BCUT2D eigenvalue weighted by Crippen LogP contribution is 2.36. The third-order valence-electron chi connectivity index (χ3n) is 4.90. The number of nitrogens with zero attached hydrogens (tertiary/aromatic N) is 5. The van der Waals surface area contributed by atoms with E-state index in [1.807, 2.05) is 0 Å². The van der Waals surface area contributed by atoms with E-state index in [1.165, 1.54) is 14.0 Å². The SMILES string of the molecule is C[C@@H](O)[C@H](NC(=O)N(C)c1ncnc2c1ncn2C1(O)O[C@H](CO)[C@@H](O)[C@H]1O)C(=O)O. The van der Waals surface area contributed by atoms with E-state index in [1.54, 1.807) is 0 Å². The van der Waals surface area contributed by atoms with Crippen molar-refractivity contribution in [1.29, 1.82) is 0 Å². The summed E-state index contributed by atoms with van der Waals surface area (Å²) < 4.78 is 6.11. The minimum atomic E-state index is -2.52. The largest absolute Gasteiger partial charge is 0.480 e. The normalized spacial score (nSPS) is 27.8. The standard InChI is InChI=1S/C16H22N6O9/c1-6(24)8(14(27)28)20-15(29)21(2)12-9-13(18-4-17-12)22(5-19-9)16(30)11(26)10(25)7(3-23)31-16/h4-8,10-11,23-26,30H,3H2,1-2H3,(H,20,29)(H,27,28)/t6-,7-,8+,10-,11-,16?/m1/s1. The Morgan fingerprint density at radius 2 is 2.03 bits per heavy atom. The summed E-state index contributed by atoms with van der Waals surface area (Å²) in [5, 5.41) is 61.1. The van der Waals surface area contributed by atoms with Gasteiger partial charge in [0.05, 0.1) is 12.7 Å². The quantitative estimate of drug-likeness (QED) is 0.232. The monoisotopic (exact) mass is 442 g/mol. The molecular weight excluding hydrogens is 420 g/mol. The van der Waals surface area contributed by atoms with E-state index in [2.05, 4.69) is 20.3 Å². The molecule has 0 aromatic carbocycles. The lowest BCUT2D eigenvalue weighted by molar-refractivity contribution is -0.287. The maximum atomic E-state index is 12.5. The fraction of sp³-hybridized carbons (Fsp3) is 0.562. The number of ether oxygens (including phenoxy) is 1. The summed E-state index contributed by atoms with van der Waals surface area (Å²) in [6, 6.07) is -2.50. The number of nitrogens with one attached hydrogen (secondary N) is 1. The van der Waals surface area contributed by atoms with Crippen LogP contribution in [0.4, 0.5) is 10.6 Å². The molecule has 170 valence electrons. The summed E-state index contributed by atoms with van der Waals surface area (Å²) in [5.41, 5.74) is -0.127. The van der Waals surface area contributed by atoms with Crippen molar-refractivity contribution in [2.45, 2.75) is 43.3 Å². The van der Waals surface area contributed by atoms with Gasteiger partial charge in [0, 0.05) is 7.05 Å². The first-order valence-corrected chi connectivity index (χ1v) is 9.03. The molecule has 2 amide bonds. The Morgan fingerprint density at radius 3 is 2.58 bits per heavy atom. The van der Waals surface area contributed by atoms with Crippen molar-refractivity contribution in [3.8, 4) is 0 Å². The highest BCUT2D eigenvalue weighted by atomic mass is 16.7. The van der Waals surface area contributed by atoms with E-state index in [0.29, 0.717) is 0 Å². The molecule has 1 saturated heterocycles. The molecule has 31 heavy (non-hydrogen) atoms. The number of anilines is 1. The number of urea groups is 1. The molecule has 2 aromatic heterocycles. The number of carbonyl (C=O) groups is 2.